The standard InChI is InChI=1S/C13H19NO4/c1-10(16-2)9-18-13(15)6-7-17-12-5-3-4-11(14)8-12/h3-5,8,10H,6-7,9,14H2,1-2H3. The Hall–Kier alpha value is -1.75. The number of hydrogen-bond acceptors (Lipinski definition) is 5. The summed E-state index contributed by atoms with van der Waals surface area (Å²) in [4.78, 5) is 11.3. The first-order chi connectivity index (χ1) is 8.61. The first-order valence-electron chi connectivity index (χ1n) is 5.78. The number of nitrogen functional groups attached to an aromatic ring is 1. The average Bonchev–Trinajstić information content (AvgIpc) is 2.36. The van der Waals surface area contributed by atoms with E-state index >= 15 is 0 Å². The number of nitrogens with two attached hydrogens (primary N) is 1. The van der Waals surface area contributed by atoms with Crippen molar-refractivity contribution < 1.29 is 19.0 Å². The average molecular weight is 253 g/mol. The van der Waals surface area contributed by atoms with Gasteiger partial charge in [-0.3, -0.25) is 4.79 Å². The smallest absolute Gasteiger partial charge is 0.309 e. The predicted molar refractivity (Wildman–Crippen MR) is 68.4 cm³/mol. The molecule has 5 nitrogen and oxygen atoms in total. The van der Waals surface area contributed by atoms with Crippen LogP contribution in [0.15, 0.2) is 24.3 Å². The molecule has 0 aromatic heterocycles. The quantitative estimate of drug-likeness (QED) is 0.590. The third-order valence-corrected chi connectivity index (χ3v) is 2.31. The van der Waals surface area contributed by atoms with E-state index in [0.717, 1.165) is 0 Å². The van der Waals surface area contributed by atoms with Gasteiger partial charge < -0.3 is 19.9 Å². The molecular formula is C13H19NO4. The molecule has 0 aliphatic rings. The van der Waals surface area contributed by atoms with Gasteiger partial charge in [-0.15, -0.1) is 0 Å². The first kappa shape index (κ1) is 14.3. The zero-order chi connectivity index (χ0) is 13.4. The van der Waals surface area contributed by atoms with E-state index in [-0.39, 0.29) is 31.7 Å². The molecule has 0 aliphatic heterocycles. The van der Waals surface area contributed by atoms with Gasteiger partial charge >= 0.3 is 5.97 Å². The van der Waals surface area contributed by atoms with E-state index in [4.69, 9.17) is 19.9 Å². The lowest BCUT2D eigenvalue weighted by atomic mass is 10.3. The maximum absolute atomic E-state index is 11.3. The summed E-state index contributed by atoms with van der Waals surface area (Å²) in [5, 5.41) is 0. The second-order valence-electron chi connectivity index (χ2n) is 3.90. The lowest BCUT2D eigenvalue weighted by Gasteiger charge is -2.10. The zero-order valence-electron chi connectivity index (χ0n) is 10.7. The predicted octanol–water partition coefficient (Wildman–Crippen LogP) is 1.62. The lowest BCUT2D eigenvalue weighted by Crippen LogP contribution is -2.18. The largest absolute Gasteiger partial charge is 0.493 e. The van der Waals surface area contributed by atoms with Gasteiger partial charge in [0.2, 0.25) is 0 Å². The minimum Gasteiger partial charge on any atom is -0.493 e. The molecule has 0 amide bonds. The molecule has 0 bridgehead atoms. The van der Waals surface area contributed by atoms with Crippen LogP contribution in [-0.2, 0) is 14.3 Å². The molecular weight excluding hydrogens is 234 g/mol. The molecule has 0 aliphatic carbocycles. The van der Waals surface area contributed by atoms with Crippen LogP contribution in [0.4, 0.5) is 5.69 Å². The molecule has 0 radical (unpaired) electrons. The molecule has 1 aromatic rings. The highest BCUT2D eigenvalue weighted by atomic mass is 16.6. The normalized spacial score (nSPS) is 11.9. The van der Waals surface area contributed by atoms with Crippen LogP contribution in [0.3, 0.4) is 0 Å². The Labute approximate surface area is 107 Å². The summed E-state index contributed by atoms with van der Waals surface area (Å²) in [7, 11) is 1.57. The third-order valence-electron chi connectivity index (χ3n) is 2.31. The van der Waals surface area contributed by atoms with Gasteiger partial charge in [0, 0.05) is 18.9 Å². The zero-order valence-corrected chi connectivity index (χ0v) is 10.7. The number of anilines is 1. The Bertz CT molecular complexity index is 381. The Morgan fingerprint density at radius 2 is 2.22 bits per heavy atom. The van der Waals surface area contributed by atoms with Gasteiger partial charge in [-0.25, -0.2) is 0 Å². The monoisotopic (exact) mass is 253 g/mol. The number of rotatable bonds is 7. The fourth-order valence-corrected chi connectivity index (χ4v) is 1.21. The van der Waals surface area contributed by atoms with Crippen molar-refractivity contribution >= 4 is 11.7 Å². The minimum absolute atomic E-state index is 0.0937. The molecule has 0 saturated carbocycles. The Balaban J connectivity index is 2.19. The number of ether oxygens (including phenoxy) is 3. The summed E-state index contributed by atoms with van der Waals surface area (Å²) in [5.74, 6) is 0.343. The second-order valence-corrected chi connectivity index (χ2v) is 3.90. The van der Waals surface area contributed by atoms with Gasteiger partial charge in [0.15, 0.2) is 0 Å². The van der Waals surface area contributed by atoms with Gasteiger partial charge in [-0.05, 0) is 19.1 Å². The summed E-state index contributed by atoms with van der Waals surface area (Å²) >= 11 is 0. The molecule has 5 heteroatoms. The van der Waals surface area contributed by atoms with Crippen LogP contribution < -0.4 is 10.5 Å². The molecule has 0 fully saturated rings. The van der Waals surface area contributed by atoms with E-state index in [9.17, 15) is 4.79 Å². The van der Waals surface area contributed by atoms with Gasteiger partial charge in [-0.2, -0.15) is 0 Å². The maximum atomic E-state index is 11.3. The van der Waals surface area contributed by atoms with Crippen molar-refractivity contribution in [3.05, 3.63) is 24.3 Å². The number of esters is 1. The number of benzene rings is 1. The van der Waals surface area contributed by atoms with E-state index in [1.807, 2.05) is 6.92 Å². The molecule has 1 atom stereocenters. The minimum atomic E-state index is -0.303. The van der Waals surface area contributed by atoms with Crippen LogP contribution in [0.2, 0.25) is 0 Å². The van der Waals surface area contributed by atoms with Crippen LogP contribution >= 0.6 is 0 Å². The van der Waals surface area contributed by atoms with Crippen molar-refractivity contribution in [2.45, 2.75) is 19.4 Å². The fraction of sp³-hybridized carbons (Fsp3) is 0.462. The highest BCUT2D eigenvalue weighted by molar-refractivity contribution is 5.69. The molecule has 0 saturated heterocycles. The molecule has 1 unspecified atom stereocenters. The number of carbonyl (C=O) groups excluding carboxylic acids is 1. The highest BCUT2D eigenvalue weighted by Gasteiger charge is 2.06. The van der Waals surface area contributed by atoms with Crippen molar-refractivity contribution in [3.8, 4) is 5.75 Å². The third kappa shape index (κ3) is 5.54. The Morgan fingerprint density at radius 1 is 1.44 bits per heavy atom. The summed E-state index contributed by atoms with van der Waals surface area (Å²) in [5.41, 5.74) is 6.23. The fourth-order valence-electron chi connectivity index (χ4n) is 1.21. The molecule has 1 rings (SSSR count). The summed E-state index contributed by atoms with van der Waals surface area (Å²) in [6, 6.07) is 7.06. The molecule has 100 valence electrons. The van der Waals surface area contributed by atoms with Gasteiger partial charge in [0.25, 0.3) is 0 Å². The van der Waals surface area contributed by atoms with Crippen LogP contribution in [0.5, 0.6) is 5.75 Å². The van der Waals surface area contributed by atoms with Crippen molar-refractivity contribution in [3.63, 3.8) is 0 Å². The van der Waals surface area contributed by atoms with E-state index in [1.165, 1.54) is 0 Å². The highest BCUT2D eigenvalue weighted by Crippen LogP contribution is 2.14. The van der Waals surface area contributed by atoms with Crippen LogP contribution in [0, 0.1) is 0 Å². The van der Waals surface area contributed by atoms with Crippen LogP contribution in [0.25, 0.3) is 0 Å². The van der Waals surface area contributed by atoms with Crippen molar-refractivity contribution in [1.82, 2.24) is 0 Å². The van der Waals surface area contributed by atoms with E-state index in [1.54, 1.807) is 31.4 Å². The van der Waals surface area contributed by atoms with Gasteiger partial charge in [0.1, 0.15) is 12.4 Å². The van der Waals surface area contributed by atoms with Gasteiger partial charge in [0.05, 0.1) is 19.1 Å². The lowest BCUT2D eigenvalue weighted by molar-refractivity contribution is -0.147. The summed E-state index contributed by atoms with van der Waals surface area (Å²) < 4.78 is 15.3. The Kier molecular flexibility index (Phi) is 6.00. The molecule has 1 aromatic carbocycles. The SMILES string of the molecule is COC(C)COC(=O)CCOc1cccc(N)c1. The van der Waals surface area contributed by atoms with Crippen molar-refractivity contribution in [1.29, 1.82) is 0 Å². The van der Waals surface area contributed by atoms with Crippen molar-refractivity contribution in [2.24, 2.45) is 0 Å². The molecule has 2 N–H and O–H groups in total. The first-order valence-corrected chi connectivity index (χ1v) is 5.78. The Morgan fingerprint density at radius 3 is 2.89 bits per heavy atom. The van der Waals surface area contributed by atoms with Gasteiger partial charge in [-0.1, -0.05) is 6.07 Å². The van der Waals surface area contributed by atoms with E-state index in [2.05, 4.69) is 0 Å². The number of carbonyl (C=O) groups is 1. The number of hydrogen-bond donors (Lipinski definition) is 1. The molecule has 18 heavy (non-hydrogen) atoms. The van der Waals surface area contributed by atoms with E-state index < -0.39 is 0 Å². The molecule has 0 spiro atoms. The topological polar surface area (TPSA) is 70.8 Å². The maximum Gasteiger partial charge on any atom is 0.309 e. The second kappa shape index (κ2) is 7.55. The summed E-state index contributed by atoms with van der Waals surface area (Å²) in [6.45, 7) is 2.35. The summed E-state index contributed by atoms with van der Waals surface area (Å²) in [6.07, 6.45) is 0.106. The van der Waals surface area contributed by atoms with Crippen LogP contribution in [0.1, 0.15) is 13.3 Å². The van der Waals surface area contributed by atoms with Crippen LogP contribution in [-0.4, -0.2) is 32.4 Å². The molecule has 0 heterocycles. The number of methoxy groups -OCH3 is 1. The van der Waals surface area contributed by atoms with E-state index in [0.29, 0.717) is 11.4 Å². The van der Waals surface area contributed by atoms with Crippen molar-refractivity contribution in [2.75, 3.05) is 26.1 Å².